The Morgan fingerprint density at radius 2 is 1.61 bits per heavy atom. The number of halogens is 2. The zero-order valence-corrected chi connectivity index (χ0v) is 21.6. The molecule has 11 heteroatoms. The van der Waals surface area contributed by atoms with Gasteiger partial charge < -0.3 is 25.8 Å². The quantitative estimate of drug-likeness (QED) is 0.278. The third kappa shape index (κ3) is 7.39. The van der Waals surface area contributed by atoms with Gasteiger partial charge in [-0.05, 0) is 87.8 Å². The van der Waals surface area contributed by atoms with Gasteiger partial charge in [0.25, 0.3) is 17.7 Å². The molecule has 1 fully saturated rings. The Morgan fingerprint density at radius 1 is 0.921 bits per heavy atom. The molecule has 0 unspecified atom stereocenters. The average Bonchev–Trinajstić information content (AvgIpc) is 3.40. The molecule has 200 valence electrons. The number of aromatic nitrogens is 2. The van der Waals surface area contributed by atoms with Gasteiger partial charge in [0.15, 0.2) is 5.69 Å². The molecule has 0 spiro atoms. The van der Waals surface area contributed by atoms with E-state index in [4.69, 9.17) is 11.6 Å². The number of nitrogens with zero attached hydrogens (tertiary/aromatic N) is 2. The first kappa shape index (κ1) is 27.3. The van der Waals surface area contributed by atoms with Crippen LogP contribution in [0.25, 0.3) is 0 Å². The van der Waals surface area contributed by atoms with Gasteiger partial charge in [0, 0.05) is 17.9 Å². The molecular formula is C27H30ClFN6O3. The molecule has 3 amide bonds. The number of likely N-dealkylation sites (tertiary alicyclic amines) is 1. The number of rotatable bonds is 10. The molecule has 0 saturated carbocycles. The summed E-state index contributed by atoms with van der Waals surface area (Å²) in [5, 5.41) is 8.22. The van der Waals surface area contributed by atoms with Crippen molar-refractivity contribution in [3.05, 3.63) is 76.6 Å². The normalized spacial score (nSPS) is 13.6. The van der Waals surface area contributed by atoms with Gasteiger partial charge in [-0.3, -0.25) is 14.4 Å². The van der Waals surface area contributed by atoms with Crippen LogP contribution in [0, 0.1) is 5.82 Å². The number of benzene rings is 2. The van der Waals surface area contributed by atoms with Gasteiger partial charge in [-0.1, -0.05) is 18.0 Å². The fourth-order valence-electron chi connectivity index (χ4n) is 4.27. The van der Waals surface area contributed by atoms with Gasteiger partial charge in [-0.25, -0.2) is 9.37 Å². The predicted octanol–water partition coefficient (Wildman–Crippen LogP) is 4.70. The van der Waals surface area contributed by atoms with Crippen molar-refractivity contribution in [1.82, 2.24) is 20.2 Å². The van der Waals surface area contributed by atoms with Crippen molar-refractivity contribution >= 4 is 40.7 Å². The number of anilines is 2. The molecule has 38 heavy (non-hydrogen) atoms. The van der Waals surface area contributed by atoms with E-state index in [1.54, 1.807) is 24.3 Å². The molecular weight excluding hydrogens is 511 g/mol. The van der Waals surface area contributed by atoms with E-state index in [1.165, 1.54) is 31.7 Å². The number of hydrogen-bond acceptors (Lipinski definition) is 5. The lowest BCUT2D eigenvalue weighted by Crippen LogP contribution is -2.31. The maximum Gasteiger partial charge on any atom is 0.276 e. The Kier molecular flexibility index (Phi) is 9.45. The molecule has 0 bridgehead atoms. The lowest BCUT2D eigenvalue weighted by Gasteiger charge is -2.26. The van der Waals surface area contributed by atoms with Gasteiger partial charge in [0.05, 0.1) is 16.9 Å². The molecule has 0 aliphatic carbocycles. The van der Waals surface area contributed by atoms with E-state index >= 15 is 0 Å². The number of nitrogens with one attached hydrogen (secondary N) is 4. The molecule has 1 aliphatic rings. The number of piperidine rings is 1. The molecule has 1 saturated heterocycles. The number of amides is 3. The summed E-state index contributed by atoms with van der Waals surface area (Å²) >= 11 is 5.94. The summed E-state index contributed by atoms with van der Waals surface area (Å²) in [5.74, 6) is -1.96. The highest BCUT2D eigenvalue weighted by molar-refractivity contribution is 6.34. The number of imidazole rings is 1. The monoisotopic (exact) mass is 540 g/mol. The fraction of sp³-hybridized carbons (Fsp3) is 0.333. The van der Waals surface area contributed by atoms with E-state index in [0.717, 1.165) is 44.6 Å². The van der Waals surface area contributed by atoms with Crippen LogP contribution in [0.5, 0.6) is 0 Å². The van der Waals surface area contributed by atoms with Crippen LogP contribution >= 0.6 is 11.6 Å². The highest BCUT2D eigenvalue weighted by Gasteiger charge is 2.20. The molecule has 0 radical (unpaired) electrons. The van der Waals surface area contributed by atoms with Crippen LogP contribution in [-0.2, 0) is 0 Å². The van der Waals surface area contributed by atoms with Gasteiger partial charge in [0.2, 0.25) is 0 Å². The molecule has 2 heterocycles. The fourth-order valence-corrected chi connectivity index (χ4v) is 4.53. The Labute approximate surface area is 225 Å². The Bertz CT molecular complexity index is 1270. The molecule has 0 atom stereocenters. The van der Waals surface area contributed by atoms with Crippen molar-refractivity contribution in [2.75, 3.05) is 36.8 Å². The van der Waals surface area contributed by atoms with Crippen molar-refractivity contribution in [2.24, 2.45) is 0 Å². The summed E-state index contributed by atoms with van der Waals surface area (Å²) in [4.78, 5) is 47.0. The lowest BCUT2D eigenvalue weighted by atomic mass is 10.1. The number of carbonyl (C=O) groups excluding carboxylic acids is 3. The van der Waals surface area contributed by atoms with Crippen molar-refractivity contribution in [2.45, 2.75) is 32.1 Å². The Morgan fingerprint density at radius 3 is 2.29 bits per heavy atom. The highest BCUT2D eigenvalue weighted by Crippen LogP contribution is 2.20. The van der Waals surface area contributed by atoms with E-state index in [-0.39, 0.29) is 27.9 Å². The maximum absolute atomic E-state index is 13.2. The van der Waals surface area contributed by atoms with Gasteiger partial charge in [0.1, 0.15) is 11.5 Å². The first-order valence-electron chi connectivity index (χ1n) is 12.6. The number of hydrogen-bond donors (Lipinski definition) is 4. The van der Waals surface area contributed by atoms with Crippen LogP contribution in [0.4, 0.5) is 15.8 Å². The third-order valence-corrected chi connectivity index (χ3v) is 6.61. The van der Waals surface area contributed by atoms with Crippen molar-refractivity contribution in [3.8, 4) is 0 Å². The molecule has 9 nitrogen and oxygen atoms in total. The average molecular weight is 541 g/mol. The summed E-state index contributed by atoms with van der Waals surface area (Å²) < 4.78 is 13.2. The molecule has 1 aliphatic heterocycles. The van der Waals surface area contributed by atoms with E-state index < -0.39 is 17.6 Å². The number of H-pyrrole nitrogens is 1. The van der Waals surface area contributed by atoms with E-state index in [2.05, 4.69) is 30.8 Å². The topological polar surface area (TPSA) is 119 Å². The van der Waals surface area contributed by atoms with E-state index in [1.807, 2.05) is 0 Å². The minimum absolute atomic E-state index is 0.00248. The minimum atomic E-state index is -0.545. The van der Waals surface area contributed by atoms with Crippen LogP contribution in [0.2, 0.25) is 5.02 Å². The van der Waals surface area contributed by atoms with Crippen LogP contribution in [0.3, 0.4) is 0 Å². The second kappa shape index (κ2) is 13.2. The third-order valence-electron chi connectivity index (χ3n) is 6.29. The van der Waals surface area contributed by atoms with Crippen LogP contribution in [-0.4, -0.2) is 58.8 Å². The van der Waals surface area contributed by atoms with E-state index in [0.29, 0.717) is 17.9 Å². The summed E-state index contributed by atoms with van der Waals surface area (Å²) in [7, 11) is 0. The van der Waals surface area contributed by atoms with Gasteiger partial charge in [-0.2, -0.15) is 0 Å². The Balaban J connectivity index is 1.25. The summed E-state index contributed by atoms with van der Waals surface area (Å²) in [5.41, 5.74) is 1.11. The number of carbonyl (C=O) groups is 3. The van der Waals surface area contributed by atoms with E-state index in [9.17, 15) is 18.8 Å². The second-order valence-corrected chi connectivity index (χ2v) is 9.51. The predicted molar refractivity (Wildman–Crippen MR) is 144 cm³/mol. The van der Waals surface area contributed by atoms with Crippen LogP contribution < -0.4 is 16.0 Å². The van der Waals surface area contributed by atoms with Gasteiger partial charge in [-0.15, -0.1) is 0 Å². The molecule has 3 aromatic rings. The standard InChI is InChI=1S/C27H30ClFN6O3/c28-22-16-18(29)6-11-21(22)25(36)33-19-7-9-20(10-8-19)34-27(38)24-23(31-17-32-24)26(37)30-12-2-5-15-35-13-3-1-4-14-35/h6-11,16-17H,1-5,12-15H2,(H,30,37)(H,31,32)(H,33,36)(H,34,38). The highest BCUT2D eigenvalue weighted by atomic mass is 35.5. The summed E-state index contributed by atoms with van der Waals surface area (Å²) in [6, 6.07) is 9.88. The largest absolute Gasteiger partial charge is 0.351 e. The smallest absolute Gasteiger partial charge is 0.276 e. The van der Waals surface area contributed by atoms with Crippen LogP contribution in [0.1, 0.15) is 63.4 Å². The first-order valence-corrected chi connectivity index (χ1v) is 13.0. The summed E-state index contributed by atoms with van der Waals surface area (Å²) in [6.07, 6.45) is 6.99. The number of unbranched alkanes of at least 4 members (excludes halogenated alkanes) is 1. The zero-order chi connectivity index (χ0) is 26.9. The second-order valence-electron chi connectivity index (χ2n) is 9.10. The van der Waals surface area contributed by atoms with Crippen molar-refractivity contribution in [1.29, 1.82) is 0 Å². The Hall–Kier alpha value is -3.76. The van der Waals surface area contributed by atoms with Crippen LogP contribution in [0.15, 0.2) is 48.8 Å². The van der Waals surface area contributed by atoms with Crippen molar-refractivity contribution in [3.63, 3.8) is 0 Å². The molecule has 4 rings (SSSR count). The minimum Gasteiger partial charge on any atom is -0.351 e. The molecule has 4 N–H and O–H groups in total. The van der Waals surface area contributed by atoms with Gasteiger partial charge >= 0.3 is 0 Å². The zero-order valence-electron chi connectivity index (χ0n) is 20.9. The maximum atomic E-state index is 13.2. The lowest BCUT2D eigenvalue weighted by molar-refractivity contribution is 0.0934. The van der Waals surface area contributed by atoms with Crippen molar-refractivity contribution < 1.29 is 18.8 Å². The summed E-state index contributed by atoms with van der Waals surface area (Å²) in [6.45, 7) is 3.86. The number of aromatic amines is 1. The molecule has 1 aromatic heterocycles. The SMILES string of the molecule is O=C(Nc1ccc(NC(=O)c2nc[nH]c2C(=O)NCCCCN2CCCCC2)cc1)c1ccc(F)cc1Cl. The molecule has 2 aromatic carbocycles. The first-order chi connectivity index (χ1) is 18.4.